The van der Waals surface area contributed by atoms with Gasteiger partial charge in [0.15, 0.2) is 0 Å². The molecule has 0 spiro atoms. The topological polar surface area (TPSA) is 70.3 Å². The fraction of sp³-hybridized carbons (Fsp3) is 0.417. The minimum absolute atomic E-state index is 0.722. The molecule has 4 heteroatoms. The first-order chi connectivity index (χ1) is 13.6. The maximum absolute atomic E-state index is 10.1. The Morgan fingerprint density at radius 1 is 0.857 bits per heavy atom. The van der Waals surface area contributed by atoms with Gasteiger partial charge in [-0.25, -0.2) is 15.0 Å². The average Bonchev–Trinajstić information content (AvgIpc) is 2.70. The maximum Gasteiger partial charge on any atom is 0.240 e. The Labute approximate surface area is 169 Å². The molecule has 0 saturated carbocycles. The molecule has 2 aromatic rings. The van der Waals surface area contributed by atoms with Crippen molar-refractivity contribution in [2.45, 2.75) is 65.7 Å². The van der Waals surface area contributed by atoms with E-state index in [0.717, 1.165) is 23.8 Å². The van der Waals surface area contributed by atoms with Crippen molar-refractivity contribution in [3.63, 3.8) is 0 Å². The van der Waals surface area contributed by atoms with E-state index in [2.05, 4.69) is 55.2 Å². The molecule has 2 rings (SSSR count). The van der Waals surface area contributed by atoms with Gasteiger partial charge in [-0.05, 0) is 55.4 Å². The smallest absolute Gasteiger partial charge is 0.222 e. The first kappa shape index (κ1) is 25.2. The molecular weight excluding hydrogens is 348 g/mol. The summed E-state index contributed by atoms with van der Waals surface area (Å²) in [5.41, 5.74) is 4.55. The first-order valence-corrected chi connectivity index (χ1v) is 9.88. The zero-order valence-electron chi connectivity index (χ0n) is 17.3. The van der Waals surface area contributed by atoms with E-state index in [4.69, 9.17) is 10.2 Å². The van der Waals surface area contributed by atoms with Crippen molar-refractivity contribution >= 4 is 17.8 Å². The van der Waals surface area contributed by atoms with Gasteiger partial charge in [0.05, 0.1) is 5.69 Å². The highest BCUT2D eigenvalue weighted by Crippen LogP contribution is 2.19. The molecule has 0 amide bonds. The summed E-state index contributed by atoms with van der Waals surface area (Å²) in [5.74, 6) is 0. The third-order valence-corrected chi connectivity index (χ3v) is 4.16. The van der Waals surface area contributed by atoms with Gasteiger partial charge < -0.3 is 0 Å². The van der Waals surface area contributed by atoms with E-state index in [-0.39, 0.29) is 0 Å². The minimum Gasteiger partial charge on any atom is -0.222 e. The van der Waals surface area contributed by atoms with Crippen LogP contribution in [-0.2, 0) is 22.4 Å². The monoisotopic (exact) mass is 380 g/mol. The molecule has 0 saturated heterocycles. The number of isocyanates is 2. The van der Waals surface area contributed by atoms with Crippen LogP contribution in [0.1, 0.15) is 62.6 Å². The van der Waals surface area contributed by atoms with E-state index < -0.39 is 0 Å². The molecule has 2 aromatic carbocycles. The average molecular weight is 381 g/mol. The van der Waals surface area contributed by atoms with Gasteiger partial charge >= 0.3 is 0 Å². The second-order valence-electron chi connectivity index (χ2n) is 6.47. The van der Waals surface area contributed by atoms with Gasteiger partial charge in [-0.15, -0.1) is 0 Å². The molecule has 1 N–H and O–H groups in total. The summed E-state index contributed by atoms with van der Waals surface area (Å²) < 4.78 is 0. The van der Waals surface area contributed by atoms with Crippen LogP contribution >= 0.6 is 0 Å². The molecule has 28 heavy (non-hydrogen) atoms. The Balaban J connectivity index is 0.000000466. The summed E-state index contributed by atoms with van der Waals surface area (Å²) in [4.78, 5) is 22.1. The van der Waals surface area contributed by atoms with Crippen LogP contribution in [0.3, 0.4) is 0 Å². The highest BCUT2D eigenvalue weighted by atomic mass is 16.1. The van der Waals surface area contributed by atoms with Gasteiger partial charge in [-0.2, -0.15) is 4.99 Å². The fourth-order valence-electron chi connectivity index (χ4n) is 2.65. The van der Waals surface area contributed by atoms with Crippen LogP contribution in [0.15, 0.2) is 53.5 Å². The molecule has 0 fully saturated rings. The van der Waals surface area contributed by atoms with Gasteiger partial charge in [-0.1, -0.05) is 75.6 Å². The van der Waals surface area contributed by atoms with Crippen LogP contribution in [0.25, 0.3) is 0 Å². The predicted molar refractivity (Wildman–Crippen MR) is 116 cm³/mol. The second-order valence-corrected chi connectivity index (χ2v) is 6.47. The van der Waals surface area contributed by atoms with Gasteiger partial charge in [0.25, 0.3) is 0 Å². The van der Waals surface area contributed by atoms with E-state index >= 15 is 0 Å². The van der Waals surface area contributed by atoms with Crippen LogP contribution in [-0.4, -0.2) is 12.2 Å². The normalized spacial score (nSPS) is 8.96. The quantitative estimate of drug-likeness (QED) is 0.317. The van der Waals surface area contributed by atoms with E-state index in [1.54, 1.807) is 6.08 Å². The lowest BCUT2D eigenvalue weighted by atomic mass is 10.0. The molecule has 150 valence electrons. The summed E-state index contributed by atoms with van der Waals surface area (Å²) >= 11 is 0. The summed E-state index contributed by atoms with van der Waals surface area (Å²) in [7, 11) is 0. The van der Waals surface area contributed by atoms with E-state index in [9.17, 15) is 4.79 Å². The number of hydrogen-bond acceptors (Lipinski definition) is 4. The number of nitrogens with zero attached hydrogens (tertiary/aromatic N) is 1. The standard InChI is InChI=1S/C12H15NO.C11H16.CHNO/c1-3-4-5-11-6-7-12(13-9-14)10(2)8-11;1-2-3-5-8-11-9-6-4-7-10-11;2-1-3/h6-8H,3-5H2,1-2H3;4,6-7,9-10H,2-3,5,8H2,1H3;2H. The summed E-state index contributed by atoms with van der Waals surface area (Å²) in [6.45, 7) is 6.38. The van der Waals surface area contributed by atoms with Crippen molar-refractivity contribution in [1.29, 1.82) is 5.41 Å². The fourth-order valence-corrected chi connectivity index (χ4v) is 2.65. The zero-order chi connectivity index (χ0) is 21.0. The van der Waals surface area contributed by atoms with Crippen molar-refractivity contribution in [3.8, 4) is 0 Å². The Kier molecular flexibility index (Phi) is 15.8. The van der Waals surface area contributed by atoms with E-state index in [1.165, 1.54) is 49.7 Å². The molecule has 0 heterocycles. The molecule has 0 unspecified atom stereocenters. The highest BCUT2D eigenvalue weighted by molar-refractivity contribution is 5.54. The predicted octanol–water partition coefficient (Wildman–Crippen LogP) is 6.63. The van der Waals surface area contributed by atoms with Crippen LogP contribution in [0.5, 0.6) is 0 Å². The Bertz CT molecular complexity index is 730. The summed E-state index contributed by atoms with van der Waals surface area (Å²) in [6, 6.07) is 16.7. The van der Waals surface area contributed by atoms with Crippen molar-refractivity contribution < 1.29 is 9.59 Å². The third kappa shape index (κ3) is 12.5. The van der Waals surface area contributed by atoms with Crippen LogP contribution in [0, 0.1) is 12.3 Å². The molecule has 0 aliphatic rings. The lowest BCUT2D eigenvalue weighted by molar-refractivity contribution is 0.562. The summed E-state index contributed by atoms with van der Waals surface area (Å²) in [5, 5.41) is 5.40. The summed E-state index contributed by atoms with van der Waals surface area (Å²) in [6.07, 6.45) is 11.1. The number of nitrogens with one attached hydrogen (secondary N) is 1. The number of aliphatic imine (C=N–C) groups is 1. The number of aryl methyl sites for hydroxylation is 3. The number of rotatable bonds is 8. The van der Waals surface area contributed by atoms with Gasteiger partial charge in [0.2, 0.25) is 12.2 Å². The largest absolute Gasteiger partial charge is 0.240 e. The highest BCUT2D eigenvalue weighted by Gasteiger charge is 1.98. The molecule has 0 radical (unpaired) electrons. The Morgan fingerprint density at radius 3 is 2.00 bits per heavy atom. The van der Waals surface area contributed by atoms with E-state index in [0.29, 0.717) is 0 Å². The van der Waals surface area contributed by atoms with Crippen molar-refractivity contribution in [3.05, 3.63) is 65.2 Å². The molecule has 0 bridgehead atoms. The molecular formula is C24H32N2O2. The second kappa shape index (κ2) is 17.6. The SMILES string of the molecule is CCCCCc1ccccc1.CCCCc1ccc(N=C=O)c(C)c1.N=C=O. The zero-order valence-corrected chi connectivity index (χ0v) is 17.3. The Hall–Kier alpha value is -2.80. The van der Waals surface area contributed by atoms with Crippen LogP contribution in [0.4, 0.5) is 5.69 Å². The number of carbonyl (C=O) groups excluding carboxylic acids is 2. The molecule has 0 aliphatic heterocycles. The van der Waals surface area contributed by atoms with Gasteiger partial charge in [0, 0.05) is 0 Å². The number of benzene rings is 2. The van der Waals surface area contributed by atoms with Crippen molar-refractivity contribution in [2.24, 2.45) is 4.99 Å². The first-order valence-electron chi connectivity index (χ1n) is 9.88. The number of hydrogen-bond donors (Lipinski definition) is 1. The third-order valence-electron chi connectivity index (χ3n) is 4.16. The molecule has 0 atom stereocenters. The van der Waals surface area contributed by atoms with Crippen molar-refractivity contribution in [1.82, 2.24) is 0 Å². The van der Waals surface area contributed by atoms with Crippen LogP contribution in [0.2, 0.25) is 0 Å². The molecule has 0 aliphatic carbocycles. The molecule has 0 aromatic heterocycles. The number of unbranched alkanes of at least 4 members (excludes halogenated alkanes) is 3. The van der Waals surface area contributed by atoms with Gasteiger partial charge in [-0.3, -0.25) is 0 Å². The van der Waals surface area contributed by atoms with Gasteiger partial charge in [0.1, 0.15) is 0 Å². The maximum atomic E-state index is 10.1. The molecule has 4 nitrogen and oxygen atoms in total. The Morgan fingerprint density at radius 2 is 1.46 bits per heavy atom. The van der Waals surface area contributed by atoms with Crippen LogP contribution < -0.4 is 0 Å². The lowest BCUT2D eigenvalue weighted by Gasteiger charge is -2.03. The minimum atomic E-state index is 0.722. The van der Waals surface area contributed by atoms with E-state index in [1.807, 2.05) is 19.1 Å². The van der Waals surface area contributed by atoms with Crippen molar-refractivity contribution in [2.75, 3.05) is 0 Å². The lowest BCUT2D eigenvalue weighted by Crippen LogP contribution is -1.85.